The molecule has 5 heterocycles. The van der Waals surface area contributed by atoms with E-state index in [-0.39, 0.29) is 17.1 Å². The van der Waals surface area contributed by atoms with Crippen molar-refractivity contribution in [3.8, 4) is 33.4 Å². The Bertz CT molecular complexity index is 2530. The second-order valence-corrected chi connectivity index (χ2v) is 11.8. The van der Waals surface area contributed by atoms with E-state index in [1.165, 1.54) is 0 Å². The van der Waals surface area contributed by atoms with Crippen molar-refractivity contribution in [2.75, 3.05) is 0 Å². The fraction of sp³-hybridized carbons (Fsp3) is 0. The van der Waals surface area contributed by atoms with Crippen LogP contribution in [0.2, 0.25) is 0 Å². The predicted octanol–water partition coefficient (Wildman–Crippen LogP) is 10.6. The minimum Gasteiger partial charge on any atom is -0.383 e. The molecule has 49 heavy (non-hydrogen) atoms. The number of aromatic amines is 2. The summed E-state index contributed by atoms with van der Waals surface area (Å²) in [5.41, 5.74) is 15.3. The molecule has 0 saturated carbocycles. The number of hydrogen-bond acceptors (Lipinski definition) is 2. The average molecular weight is 669 g/mol. The number of fused-ring (bicyclic) bond motifs is 8. The number of rotatable bonds is 4. The molecular weight excluding hydrogens is 640 g/mol. The van der Waals surface area contributed by atoms with Crippen LogP contribution in [0.4, 0.5) is 0 Å². The fourth-order valence-electron chi connectivity index (χ4n) is 6.60. The molecule has 3 aromatic heterocycles. The fourth-order valence-corrected chi connectivity index (χ4v) is 6.60. The second kappa shape index (κ2) is 12.9. The summed E-state index contributed by atoms with van der Waals surface area (Å²) in [6.07, 6.45) is 7.76. The van der Waals surface area contributed by atoms with Crippen LogP contribution in [-0.4, -0.2) is 19.9 Å². The van der Waals surface area contributed by atoms with Gasteiger partial charge in [-0.1, -0.05) is 132 Å². The van der Waals surface area contributed by atoms with E-state index in [4.69, 9.17) is 9.97 Å². The minimum atomic E-state index is 0. The van der Waals surface area contributed by atoms with Crippen LogP contribution in [-0.2, 0) is 17.1 Å². The average Bonchev–Trinajstić information content (AvgIpc) is 3.94. The molecule has 0 radical (unpaired) electrons. The summed E-state index contributed by atoms with van der Waals surface area (Å²) >= 11 is 0. The largest absolute Gasteiger partial charge is 2.00 e. The molecule has 2 N–H and O–H groups in total. The molecule has 5 heteroatoms. The van der Waals surface area contributed by atoms with Crippen LogP contribution in [0.15, 0.2) is 146 Å². The maximum absolute atomic E-state index is 5.31. The van der Waals surface area contributed by atoms with Crippen molar-refractivity contribution in [3.05, 3.63) is 186 Å². The van der Waals surface area contributed by atoms with Gasteiger partial charge in [0.1, 0.15) is 0 Å². The van der Waals surface area contributed by atoms with E-state index in [1.54, 1.807) is 0 Å². The molecule has 4 aromatic carbocycles. The Morgan fingerprint density at radius 1 is 0.490 bits per heavy atom. The third-order valence-electron chi connectivity index (χ3n) is 8.71. The monoisotopic (exact) mass is 668 g/mol. The zero-order valence-electron chi connectivity index (χ0n) is 26.3. The molecule has 0 atom stereocenters. The van der Waals surface area contributed by atoms with E-state index in [0.717, 1.165) is 83.7 Å². The molecule has 8 bridgehead atoms. The van der Waals surface area contributed by atoms with Crippen molar-refractivity contribution in [3.63, 3.8) is 0 Å². The standard InChI is InChI=1S/C44H28N4.Fe/c1-5-13-29(14-6-1)38-27-37-26-35-22-21-33(45-35)25-34-23-24-36(46-34)28-39-40(30-15-7-2-8-16-30)41(31-17-9-3-10-18-31)44(48-39)42(43(38)47-37)32-19-11-4-12-20-32;/h1-25,28,45,48H;/q-2;+2. The van der Waals surface area contributed by atoms with Gasteiger partial charge in [0, 0.05) is 27.7 Å². The summed E-state index contributed by atoms with van der Waals surface area (Å²) in [5.74, 6) is 0. The zero-order valence-corrected chi connectivity index (χ0v) is 27.4. The topological polar surface area (TPSA) is 57.4 Å². The maximum Gasteiger partial charge on any atom is 2.00 e. The Morgan fingerprint density at radius 2 is 1.04 bits per heavy atom. The van der Waals surface area contributed by atoms with Gasteiger partial charge in [-0.05, 0) is 47.0 Å². The third-order valence-corrected chi connectivity index (χ3v) is 8.71. The molecule has 0 amide bonds. The first-order valence-corrected chi connectivity index (χ1v) is 16.0. The van der Waals surface area contributed by atoms with Crippen LogP contribution in [0.3, 0.4) is 0 Å². The third kappa shape index (κ3) is 5.76. The van der Waals surface area contributed by atoms with Gasteiger partial charge in [-0.15, -0.1) is 17.8 Å². The van der Waals surface area contributed by atoms with Gasteiger partial charge in [-0.25, -0.2) is 16.6 Å². The van der Waals surface area contributed by atoms with Gasteiger partial charge in [0.25, 0.3) is 0 Å². The van der Waals surface area contributed by atoms with E-state index in [1.807, 2.05) is 30.3 Å². The van der Waals surface area contributed by atoms with Crippen LogP contribution in [0.1, 0.15) is 28.3 Å². The molecule has 2 aliphatic heterocycles. The molecule has 0 unspecified atom stereocenters. The first-order valence-electron chi connectivity index (χ1n) is 16.0. The molecule has 7 aromatic rings. The van der Waals surface area contributed by atoms with Gasteiger partial charge in [0.05, 0.1) is 11.4 Å². The Balaban J connectivity index is 0.00000348. The van der Waals surface area contributed by atoms with Gasteiger partial charge in [0.15, 0.2) is 0 Å². The molecule has 2 aliphatic rings. The molecule has 0 saturated heterocycles. The van der Waals surface area contributed by atoms with Crippen molar-refractivity contribution in [1.29, 1.82) is 0 Å². The van der Waals surface area contributed by atoms with Gasteiger partial charge in [-0.3, -0.25) is 6.08 Å². The summed E-state index contributed by atoms with van der Waals surface area (Å²) in [4.78, 5) is 17.7. The van der Waals surface area contributed by atoms with E-state index in [2.05, 4.69) is 150 Å². The number of nitrogens with zero attached hydrogens (tertiary/aromatic N) is 2. The van der Waals surface area contributed by atoms with Crippen LogP contribution in [0, 0.1) is 12.1 Å². The SMILES string of the molecule is [C-]1=C(c2ccccc2)c2nc1[c-]c1ccc(cc3nc(cc4[nH]c(c2-c2ccccc2)c(-c2ccccc2)c4-c2ccccc2)C=C3)[nH]1.[Fe+2]. The van der Waals surface area contributed by atoms with Crippen LogP contribution in [0.5, 0.6) is 0 Å². The zero-order chi connectivity index (χ0) is 31.9. The Morgan fingerprint density at radius 3 is 1.67 bits per heavy atom. The molecular formula is C44H28FeN4. The quantitative estimate of drug-likeness (QED) is 0.145. The van der Waals surface area contributed by atoms with E-state index < -0.39 is 0 Å². The number of nitrogens with one attached hydrogen (secondary N) is 2. The van der Waals surface area contributed by atoms with Gasteiger partial charge >= 0.3 is 17.1 Å². The van der Waals surface area contributed by atoms with E-state index in [9.17, 15) is 0 Å². The van der Waals surface area contributed by atoms with Crippen molar-refractivity contribution in [2.45, 2.75) is 0 Å². The molecule has 9 rings (SSSR count). The number of aromatic nitrogens is 4. The van der Waals surface area contributed by atoms with Crippen LogP contribution >= 0.6 is 0 Å². The smallest absolute Gasteiger partial charge is 0.383 e. The summed E-state index contributed by atoms with van der Waals surface area (Å²) in [7, 11) is 0. The normalized spacial score (nSPS) is 12.0. The van der Waals surface area contributed by atoms with E-state index >= 15 is 0 Å². The Hall–Kier alpha value is -6.00. The minimum absolute atomic E-state index is 0. The molecule has 232 valence electrons. The van der Waals surface area contributed by atoms with Gasteiger partial charge in [-0.2, -0.15) is 5.56 Å². The van der Waals surface area contributed by atoms with E-state index in [0.29, 0.717) is 5.69 Å². The maximum atomic E-state index is 5.31. The molecule has 0 fully saturated rings. The van der Waals surface area contributed by atoms with Crippen molar-refractivity contribution >= 4 is 39.8 Å². The van der Waals surface area contributed by atoms with Gasteiger partial charge in [0.2, 0.25) is 0 Å². The van der Waals surface area contributed by atoms with Crippen molar-refractivity contribution < 1.29 is 17.1 Å². The van der Waals surface area contributed by atoms with Crippen molar-refractivity contribution in [1.82, 2.24) is 19.9 Å². The second-order valence-electron chi connectivity index (χ2n) is 11.8. The predicted molar refractivity (Wildman–Crippen MR) is 196 cm³/mol. The first kappa shape index (κ1) is 30.3. The molecule has 0 aliphatic carbocycles. The molecule has 0 spiro atoms. The summed E-state index contributed by atoms with van der Waals surface area (Å²) in [6, 6.07) is 53.9. The number of hydrogen-bond donors (Lipinski definition) is 2. The number of benzene rings is 4. The summed E-state index contributed by atoms with van der Waals surface area (Å²) in [5, 5.41) is 0. The van der Waals surface area contributed by atoms with Gasteiger partial charge < -0.3 is 15.0 Å². The van der Waals surface area contributed by atoms with Crippen molar-refractivity contribution in [2.24, 2.45) is 0 Å². The summed E-state index contributed by atoms with van der Waals surface area (Å²) < 4.78 is 0. The van der Waals surface area contributed by atoms with Crippen LogP contribution in [0.25, 0.3) is 73.2 Å². The first-order chi connectivity index (χ1) is 23.8. The van der Waals surface area contributed by atoms with Crippen LogP contribution < -0.4 is 0 Å². The summed E-state index contributed by atoms with van der Waals surface area (Å²) in [6.45, 7) is 0. The Labute approximate surface area is 295 Å². The number of H-pyrrole nitrogens is 2. The molecule has 4 nitrogen and oxygen atoms in total. The Kier molecular flexibility index (Phi) is 7.98.